The molecule has 0 aliphatic heterocycles. The van der Waals surface area contributed by atoms with Gasteiger partial charge in [0.05, 0.1) is 18.2 Å². The van der Waals surface area contributed by atoms with E-state index in [1.54, 1.807) is 18.2 Å². The van der Waals surface area contributed by atoms with Crippen LogP contribution in [0.25, 0.3) is 0 Å². The summed E-state index contributed by atoms with van der Waals surface area (Å²) in [5.74, 6) is -0.131. The fraction of sp³-hybridized carbons (Fsp3) is 0.0667. The molecule has 0 aliphatic rings. The lowest BCUT2D eigenvalue weighted by Crippen LogP contribution is -2.21. The first-order chi connectivity index (χ1) is 9.28. The number of carbonyl (C=O) groups is 1. The minimum atomic E-state index is -0.131. The third-order valence-corrected chi connectivity index (χ3v) is 2.50. The number of nitriles is 1. The summed E-state index contributed by atoms with van der Waals surface area (Å²) < 4.78 is 0. The van der Waals surface area contributed by atoms with E-state index in [9.17, 15) is 4.79 Å². The van der Waals surface area contributed by atoms with E-state index in [2.05, 4.69) is 16.7 Å². The van der Waals surface area contributed by atoms with Crippen LogP contribution in [0.4, 0.5) is 11.4 Å². The highest BCUT2D eigenvalue weighted by atomic mass is 16.1. The fourth-order valence-electron chi connectivity index (χ4n) is 1.61. The number of benzene rings is 2. The smallest absolute Gasteiger partial charge is 0.243 e. The minimum absolute atomic E-state index is 0.131. The molecule has 94 valence electrons. The molecule has 0 aliphatic carbocycles. The molecule has 4 nitrogen and oxygen atoms in total. The summed E-state index contributed by atoms with van der Waals surface area (Å²) in [6.07, 6.45) is 0. The van der Waals surface area contributed by atoms with Gasteiger partial charge in [-0.05, 0) is 30.3 Å². The van der Waals surface area contributed by atoms with Gasteiger partial charge in [0.1, 0.15) is 0 Å². The molecule has 0 radical (unpaired) electrons. The third kappa shape index (κ3) is 3.86. The van der Waals surface area contributed by atoms with E-state index >= 15 is 0 Å². The van der Waals surface area contributed by atoms with Gasteiger partial charge in [-0.15, -0.1) is 0 Å². The first-order valence-electron chi connectivity index (χ1n) is 5.87. The van der Waals surface area contributed by atoms with Crippen LogP contribution in [0.2, 0.25) is 0 Å². The summed E-state index contributed by atoms with van der Waals surface area (Å²) in [5.41, 5.74) is 2.08. The van der Waals surface area contributed by atoms with Crippen LogP contribution in [0.5, 0.6) is 0 Å². The minimum Gasteiger partial charge on any atom is -0.376 e. The summed E-state index contributed by atoms with van der Waals surface area (Å²) in [4.78, 5) is 11.7. The number of amides is 1. The third-order valence-electron chi connectivity index (χ3n) is 2.50. The zero-order valence-corrected chi connectivity index (χ0v) is 10.3. The number of hydrogen-bond acceptors (Lipinski definition) is 3. The molecule has 0 bridgehead atoms. The van der Waals surface area contributed by atoms with Crippen molar-refractivity contribution in [2.45, 2.75) is 0 Å². The van der Waals surface area contributed by atoms with Gasteiger partial charge < -0.3 is 10.6 Å². The second-order valence-electron chi connectivity index (χ2n) is 3.96. The summed E-state index contributed by atoms with van der Waals surface area (Å²) in [6.45, 7) is 0.157. The highest BCUT2D eigenvalue weighted by Crippen LogP contribution is 2.09. The number of hydrogen-bond donors (Lipinski definition) is 2. The van der Waals surface area contributed by atoms with Gasteiger partial charge in [-0.2, -0.15) is 5.26 Å². The highest BCUT2D eigenvalue weighted by Gasteiger charge is 2.02. The molecule has 2 aromatic rings. The molecule has 2 N–H and O–H groups in total. The van der Waals surface area contributed by atoms with E-state index in [1.165, 1.54) is 0 Å². The molecule has 0 spiro atoms. The van der Waals surface area contributed by atoms with Crippen LogP contribution < -0.4 is 10.6 Å². The Bertz CT molecular complexity index is 602. The number of anilines is 2. The van der Waals surface area contributed by atoms with E-state index in [0.29, 0.717) is 5.56 Å². The molecule has 1 amide bonds. The van der Waals surface area contributed by atoms with Gasteiger partial charge in [-0.1, -0.05) is 24.3 Å². The molecular weight excluding hydrogens is 238 g/mol. The van der Waals surface area contributed by atoms with Crippen LogP contribution >= 0.6 is 0 Å². The zero-order chi connectivity index (χ0) is 13.5. The van der Waals surface area contributed by atoms with Crippen molar-refractivity contribution < 1.29 is 4.79 Å². The predicted molar refractivity (Wildman–Crippen MR) is 74.7 cm³/mol. The lowest BCUT2D eigenvalue weighted by atomic mass is 10.2. The molecule has 4 heteroatoms. The quantitative estimate of drug-likeness (QED) is 0.877. The second kappa shape index (κ2) is 6.22. The van der Waals surface area contributed by atoms with Gasteiger partial charge in [0.25, 0.3) is 0 Å². The van der Waals surface area contributed by atoms with Crippen molar-refractivity contribution in [2.24, 2.45) is 0 Å². The van der Waals surface area contributed by atoms with Crippen LogP contribution in [-0.2, 0) is 4.79 Å². The van der Waals surface area contributed by atoms with Crippen molar-refractivity contribution in [3.8, 4) is 6.07 Å². The summed E-state index contributed by atoms with van der Waals surface area (Å²) in [6, 6.07) is 18.3. The van der Waals surface area contributed by atoms with E-state index in [4.69, 9.17) is 5.26 Å². The van der Waals surface area contributed by atoms with Gasteiger partial charge in [-0.3, -0.25) is 4.79 Å². The average molecular weight is 251 g/mol. The highest BCUT2D eigenvalue weighted by molar-refractivity contribution is 5.93. The largest absolute Gasteiger partial charge is 0.376 e. The molecule has 0 aromatic heterocycles. The molecule has 0 saturated heterocycles. The van der Waals surface area contributed by atoms with Crippen molar-refractivity contribution in [3.05, 3.63) is 60.2 Å². The Morgan fingerprint density at radius 3 is 2.53 bits per heavy atom. The standard InChI is InChI=1S/C15H13N3O/c16-10-12-5-4-8-14(9-12)17-11-15(19)18-13-6-2-1-3-7-13/h1-9,17H,11H2,(H,18,19). The number of para-hydroxylation sites is 1. The molecule has 2 rings (SSSR count). The second-order valence-corrected chi connectivity index (χ2v) is 3.96. The number of rotatable bonds is 4. The van der Waals surface area contributed by atoms with Crippen molar-refractivity contribution in [3.63, 3.8) is 0 Å². The van der Waals surface area contributed by atoms with Gasteiger partial charge in [-0.25, -0.2) is 0 Å². The first kappa shape index (κ1) is 12.7. The Kier molecular flexibility index (Phi) is 4.14. The van der Waals surface area contributed by atoms with E-state index in [-0.39, 0.29) is 12.5 Å². The van der Waals surface area contributed by atoms with Crippen LogP contribution in [-0.4, -0.2) is 12.5 Å². The van der Waals surface area contributed by atoms with Crippen LogP contribution in [0.1, 0.15) is 5.56 Å². The maximum Gasteiger partial charge on any atom is 0.243 e. The van der Waals surface area contributed by atoms with Crippen molar-refractivity contribution in [1.82, 2.24) is 0 Å². The lowest BCUT2D eigenvalue weighted by Gasteiger charge is -2.07. The molecule has 0 unspecified atom stereocenters. The van der Waals surface area contributed by atoms with Crippen LogP contribution in [0.3, 0.4) is 0 Å². The van der Waals surface area contributed by atoms with Crippen molar-refractivity contribution in [2.75, 3.05) is 17.2 Å². The van der Waals surface area contributed by atoms with Gasteiger partial charge in [0.2, 0.25) is 5.91 Å². The maximum atomic E-state index is 11.7. The fourth-order valence-corrected chi connectivity index (χ4v) is 1.61. The van der Waals surface area contributed by atoms with E-state index in [0.717, 1.165) is 11.4 Å². The Balaban J connectivity index is 1.88. The lowest BCUT2D eigenvalue weighted by molar-refractivity contribution is -0.114. The van der Waals surface area contributed by atoms with E-state index < -0.39 is 0 Å². The molecule has 2 aromatic carbocycles. The number of nitrogens with zero attached hydrogens (tertiary/aromatic N) is 1. The SMILES string of the molecule is N#Cc1cccc(NCC(=O)Nc2ccccc2)c1. The molecule has 0 fully saturated rings. The number of carbonyl (C=O) groups excluding carboxylic acids is 1. The predicted octanol–water partition coefficient (Wildman–Crippen LogP) is 2.61. The van der Waals surface area contributed by atoms with Gasteiger partial charge >= 0.3 is 0 Å². The zero-order valence-electron chi connectivity index (χ0n) is 10.3. The molecule has 0 saturated carbocycles. The van der Waals surface area contributed by atoms with Gasteiger partial charge in [0, 0.05) is 11.4 Å². The first-order valence-corrected chi connectivity index (χ1v) is 5.87. The maximum absolute atomic E-state index is 11.7. The van der Waals surface area contributed by atoms with Gasteiger partial charge in [0.15, 0.2) is 0 Å². The Hall–Kier alpha value is -2.80. The summed E-state index contributed by atoms with van der Waals surface area (Å²) in [7, 11) is 0. The Morgan fingerprint density at radius 1 is 1.05 bits per heavy atom. The number of nitrogens with one attached hydrogen (secondary N) is 2. The van der Waals surface area contributed by atoms with Crippen molar-refractivity contribution >= 4 is 17.3 Å². The average Bonchev–Trinajstić information content (AvgIpc) is 2.46. The van der Waals surface area contributed by atoms with Crippen LogP contribution in [0, 0.1) is 11.3 Å². The topological polar surface area (TPSA) is 64.9 Å². The molecule has 19 heavy (non-hydrogen) atoms. The normalized spacial score (nSPS) is 9.42. The molecular formula is C15H13N3O. The molecule has 0 atom stereocenters. The Labute approximate surface area is 111 Å². The summed E-state index contributed by atoms with van der Waals surface area (Å²) in [5, 5.41) is 14.5. The van der Waals surface area contributed by atoms with Crippen LogP contribution in [0.15, 0.2) is 54.6 Å². The monoisotopic (exact) mass is 251 g/mol. The summed E-state index contributed by atoms with van der Waals surface area (Å²) >= 11 is 0. The van der Waals surface area contributed by atoms with Crippen molar-refractivity contribution in [1.29, 1.82) is 5.26 Å². The van der Waals surface area contributed by atoms with E-state index in [1.807, 2.05) is 36.4 Å². The Morgan fingerprint density at radius 2 is 1.79 bits per heavy atom. The molecule has 0 heterocycles.